The van der Waals surface area contributed by atoms with Crippen LogP contribution in [0.3, 0.4) is 0 Å². The summed E-state index contributed by atoms with van der Waals surface area (Å²) in [5.74, 6) is 0.174. The van der Waals surface area contributed by atoms with Crippen LogP contribution in [0.5, 0.6) is 0 Å². The number of ether oxygens (including phenoxy) is 2. The van der Waals surface area contributed by atoms with Gasteiger partial charge in [-0.1, -0.05) is 6.42 Å². The van der Waals surface area contributed by atoms with Crippen molar-refractivity contribution >= 4 is 0 Å². The average Bonchev–Trinajstić information content (AvgIpc) is 2.28. The summed E-state index contributed by atoms with van der Waals surface area (Å²) in [6.07, 6.45) is 4.20. The highest BCUT2D eigenvalue weighted by Crippen LogP contribution is 2.24. The first kappa shape index (κ1) is 13.3. The van der Waals surface area contributed by atoms with Gasteiger partial charge in [0, 0.05) is 0 Å². The first-order valence-corrected chi connectivity index (χ1v) is 6.74. The Hall–Kier alpha value is -0.160. The fourth-order valence-corrected chi connectivity index (χ4v) is 2.59. The van der Waals surface area contributed by atoms with Crippen LogP contribution in [-0.2, 0) is 9.47 Å². The monoisotopic (exact) mass is 243 g/mol. The van der Waals surface area contributed by atoms with Gasteiger partial charge in [0.2, 0.25) is 0 Å². The van der Waals surface area contributed by atoms with Crippen molar-refractivity contribution in [3.05, 3.63) is 0 Å². The first-order valence-electron chi connectivity index (χ1n) is 6.74. The molecule has 0 aromatic rings. The lowest BCUT2D eigenvalue weighted by Crippen LogP contribution is -2.49. The summed E-state index contributed by atoms with van der Waals surface area (Å²) in [4.78, 5) is 0. The third kappa shape index (κ3) is 4.21. The zero-order valence-electron chi connectivity index (χ0n) is 10.9. The van der Waals surface area contributed by atoms with Gasteiger partial charge in [0.25, 0.3) is 0 Å². The van der Waals surface area contributed by atoms with E-state index >= 15 is 0 Å². The molecule has 0 bridgehead atoms. The van der Waals surface area contributed by atoms with Gasteiger partial charge in [-0.3, -0.25) is 0 Å². The topological polar surface area (TPSA) is 50.7 Å². The molecule has 1 heterocycles. The summed E-state index contributed by atoms with van der Waals surface area (Å²) in [5, 5.41) is 13.1. The molecule has 0 radical (unpaired) electrons. The lowest BCUT2D eigenvalue weighted by molar-refractivity contribution is -0.253. The molecule has 1 saturated carbocycles. The van der Waals surface area contributed by atoms with E-state index in [1.165, 1.54) is 6.42 Å². The summed E-state index contributed by atoms with van der Waals surface area (Å²) < 4.78 is 11.2. The maximum atomic E-state index is 9.61. The van der Waals surface area contributed by atoms with Crippen LogP contribution < -0.4 is 5.32 Å². The van der Waals surface area contributed by atoms with Gasteiger partial charge >= 0.3 is 0 Å². The van der Waals surface area contributed by atoms with E-state index in [0.29, 0.717) is 25.2 Å². The SMILES string of the molecule is CC1(C)OCC(NCC2CCCC(O)C2)CO1. The summed E-state index contributed by atoms with van der Waals surface area (Å²) in [7, 11) is 0. The molecule has 2 N–H and O–H groups in total. The van der Waals surface area contributed by atoms with E-state index in [0.717, 1.165) is 25.8 Å². The van der Waals surface area contributed by atoms with Crippen molar-refractivity contribution in [2.75, 3.05) is 19.8 Å². The Kier molecular flexibility index (Phi) is 4.42. The van der Waals surface area contributed by atoms with Crippen molar-refractivity contribution in [2.24, 2.45) is 5.92 Å². The number of hydrogen-bond acceptors (Lipinski definition) is 4. The van der Waals surface area contributed by atoms with E-state index < -0.39 is 5.79 Å². The zero-order chi connectivity index (χ0) is 12.3. The van der Waals surface area contributed by atoms with Gasteiger partial charge in [0.15, 0.2) is 5.79 Å². The van der Waals surface area contributed by atoms with Crippen LogP contribution >= 0.6 is 0 Å². The van der Waals surface area contributed by atoms with Crippen LogP contribution in [0, 0.1) is 5.92 Å². The van der Waals surface area contributed by atoms with Gasteiger partial charge in [0.05, 0.1) is 25.4 Å². The lowest BCUT2D eigenvalue weighted by Gasteiger charge is -2.36. The van der Waals surface area contributed by atoms with Gasteiger partial charge in [-0.2, -0.15) is 0 Å². The largest absolute Gasteiger partial charge is 0.393 e. The second kappa shape index (κ2) is 5.65. The van der Waals surface area contributed by atoms with Crippen molar-refractivity contribution in [3.8, 4) is 0 Å². The third-order valence-electron chi connectivity index (χ3n) is 3.71. The molecule has 2 unspecified atom stereocenters. The molecule has 2 fully saturated rings. The average molecular weight is 243 g/mol. The normalized spacial score (nSPS) is 34.8. The van der Waals surface area contributed by atoms with Gasteiger partial charge < -0.3 is 19.9 Å². The Bertz CT molecular complexity index is 235. The fraction of sp³-hybridized carbons (Fsp3) is 1.00. The number of hydrogen-bond donors (Lipinski definition) is 2. The fourth-order valence-electron chi connectivity index (χ4n) is 2.59. The summed E-state index contributed by atoms with van der Waals surface area (Å²) in [6.45, 7) is 6.28. The second-order valence-electron chi connectivity index (χ2n) is 5.81. The Labute approximate surface area is 104 Å². The highest BCUT2D eigenvalue weighted by molar-refractivity contribution is 4.78. The molecular formula is C13H25NO3. The number of nitrogens with one attached hydrogen (secondary N) is 1. The third-order valence-corrected chi connectivity index (χ3v) is 3.71. The number of aliphatic hydroxyl groups is 1. The molecule has 17 heavy (non-hydrogen) atoms. The number of rotatable bonds is 3. The summed E-state index contributed by atoms with van der Waals surface area (Å²) in [6, 6.07) is 0.294. The zero-order valence-corrected chi connectivity index (χ0v) is 10.9. The highest BCUT2D eigenvalue weighted by Gasteiger charge is 2.28. The number of aliphatic hydroxyl groups excluding tert-OH is 1. The Morgan fingerprint density at radius 1 is 1.24 bits per heavy atom. The summed E-state index contributed by atoms with van der Waals surface area (Å²) >= 11 is 0. The lowest BCUT2D eigenvalue weighted by atomic mass is 9.87. The predicted octanol–water partition coefficient (Wildman–Crippen LogP) is 1.28. The van der Waals surface area contributed by atoms with E-state index in [9.17, 15) is 5.11 Å². The standard InChI is InChI=1S/C13H25NO3/c1-13(2)16-8-11(9-17-13)14-7-10-4-3-5-12(15)6-10/h10-12,14-15H,3-9H2,1-2H3. The van der Waals surface area contributed by atoms with Gasteiger partial charge in [-0.05, 0) is 45.6 Å². The molecule has 0 aromatic carbocycles. The minimum absolute atomic E-state index is 0.0895. The van der Waals surface area contributed by atoms with E-state index in [4.69, 9.17) is 9.47 Å². The summed E-state index contributed by atoms with van der Waals surface area (Å²) in [5.41, 5.74) is 0. The van der Waals surface area contributed by atoms with Crippen molar-refractivity contribution in [1.29, 1.82) is 0 Å². The van der Waals surface area contributed by atoms with Gasteiger partial charge in [-0.25, -0.2) is 0 Å². The minimum atomic E-state index is -0.431. The van der Waals surface area contributed by atoms with Crippen LogP contribution in [0.2, 0.25) is 0 Å². The Morgan fingerprint density at radius 3 is 2.59 bits per heavy atom. The molecule has 2 aliphatic rings. The maximum Gasteiger partial charge on any atom is 0.162 e. The van der Waals surface area contributed by atoms with Crippen LogP contribution in [-0.4, -0.2) is 42.8 Å². The van der Waals surface area contributed by atoms with Crippen LogP contribution in [0.15, 0.2) is 0 Å². The van der Waals surface area contributed by atoms with Crippen molar-refractivity contribution in [1.82, 2.24) is 5.32 Å². The smallest absolute Gasteiger partial charge is 0.162 e. The quantitative estimate of drug-likeness (QED) is 0.784. The Balaban J connectivity index is 1.65. The van der Waals surface area contributed by atoms with Crippen molar-refractivity contribution in [2.45, 2.75) is 57.5 Å². The molecule has 2 atom stereocenters. The molecule has 4 heteroatoms. The molecule has 2 rings (SSSR count). The molecule has 4 nitrogen and oxygen atoms in total. The first-order chi connectivity index (χ1) is 8.05. The molecule has 100 valence electrons. The molecule has 1 aliphatic carbocycles. The molecule has 1 aliphatic heterocycles. The van der Waals surface area contributed by atoms with Gasteiger partial charge in [0.1, 0.15) is 0 Å². The van der Waals surface area contributed by atoms with Crippen molar-refractivity contribution < 1.29 is 14.6 Å². The maximum absolute atomic E-state index is 9.61. The predicted molar refractivity (Wildman–Crippen MR) is 65.7 cm³/mol. The van der Waals surface area contributed by atoms with Crippen LogP contribution in [0.4, 0.5) is 0 Å². The van der Waals surface area contributed by atoms with E-state index in [-0.39, 0.29) is 6.10 Å². The molecule has 0 amide bonds. The molecule has 1 saturated heterocycles. The second-order valence-corrected chi connectivity index (χ2v) is 5.81. The van der Waals surface area contributed by atoms with Crippen LogP contribution in [0.25, 0.3) is 0 Å². The highest BCUT2D eigenvalue weighted by atomic mass is 16.7. The molecule has 0 aromatic heterocycles. The minimum Gasteiger partial charge on any atom is -0.393 e. The molecule has 0 spiro atoms. The van der Waals surface area contributed by atoms with Crippen LogP contribution in [0.1, 0.15) is 39.5 Å². The van der Waals surface area contributed by atoms with E-state index in [1.54, 1.807) is 0 Å². The molecular weight excluding hydrogens is 218 g/mol. The Morgan fingerprint density at radius 2 is 1.94 bits per heavy atom. The van der Waals surface area contributed by atoms with E-state index in [2.05, 4.69) is 5.32 Å². The van der Waals surface area contributed by atoms with Crippen molar-refractivity contribution in [3.63, 3.8) is 0 Å². The van der Waals surface area contributed by atoms with E-state index in [1.807, 2.05) is 13.8 Å². The van der Waals surface area contributed by atoms with Gasteiger partial charge in [-0.15, -0.1) is 0 Å².